The van der Waals surface area contributed by atoms with Gasteiger partial charge in [0.25, 0.3) is 0 Å². The summed E-state index contributed by atoms with van der Waals surface area (Å²) in [5, 5.41) is 0.647. The molecule has 3 heterocycles. The number of hydrogen-bond donors (Lipinski definition) is 0. The summed E-state index contributed by atoms with van der Waals surface area (Å²) >= 11 is 5.89. The van der Waals surface area contributed by atoms with Crippen LogP contribution in [-0.2, 0) is 9.53 Å². The maximum absolute atomic E-state index is 12.8. The Bertz CT molecular complexity index is 543. The molecule has 2 fully saturated rings. The second-order valence-electron chi connectivity index (χ2n) is 6.58. The van der Waals surface area contributed by atoms with Gasteiger partial charge in [0, 0.05) is 31.7 Å². The van der Waals surface area contributed by atoms with E-state index < -0.39 is 0 Å². The second kappa shape index (κ2) is 7.05. The number of pyridine rings is 1. The van der Waals surface area contributed by atoms with Crippen molar-refractivity contribution >= 4 is 23.3 Å². The van der Waals surface area contributed by atoms with E-state index in [0.29, 0.717) is 18.2 Å². The third-order valence-corrected chi connectivity index (χ3v) is 4.99. The number of piperidine rings is 1. The smallest absolute Gasteiger partial charge is 0.226 e. The number of halogens is 1. The molecule has 0 aliphatic carbocycles. The summed E-state index contributed by atoms with van der Waals surface area (Å²) in [6.07, 6.45) is 3.56. The Morgan fingerprint density at radius 3 is 2.70 bits per heavy atom. The Hall–Kier alpha value is -1.33. The second-order valence-corrected chi connectivity index (χ2v) is 7.02. The first-order valence-corrected chi connectivity index (χ1v) is 8.71. The predicted molar refractivity (Wildman–Crippen MR) is 90.8 cm³/mol. The maximum Gasteiger partial charge on any atom is 0.226 e. The minimum atomic E-state index is 0.117. The Morgan fingerprint density at radius 2 is 2.04 bits per heavy atom. The monoisotopic (exact) mass is 337 g/mol. The van der Waals surface area contributed by atoms with Gasteiger partial charge in [-0.05, 0) is 38.8 Å². The fraction of sp³-hybridized carbons (Fsp3) is 0.647. The minimum Gasteiger partial charge on any atom is -0.375 e. The van der Waals surface area contributed by atoms with Crippen molar-refractivity contribution in [3.05, 3.63) is 23.4 Å². The van der Waals surface area contributed by atoms with Crippen molar-refractivity contribution in [3.8, 4) is 0 Å². The minimum absolute atomic E-state index is 0.117. The molecule has 126 valence electrons. The summed E-state index contributed by atoms with van der Waals surface area (Å²) in [6, 6.07) is 3.98. The van der Waals surface area contributed by atoms with Crippen LogP contribution in [0.3, 0.4) is 0 Å². The molecule has 2 aliphatic rings. The van der Waals surface area contributed by atoms with Crippen LogP contribution in [0.25, 0.3) is 0 Å². The van der Waals surface area contributed by atoms with Crippen molar-refractivity contribution in [2.75, 3.05) is 31.1 Å². The maximum atomic E-state index is 12.8. The molecule has 2 unspecified atom stereocenters. The molecule has 5 nitrogen and oxygen atoms in total. The lowest BCUT2D eigenvalue weighted by Gasteiger charge is -2.40. The van der Waals surface area contributed by atoms with Crippen molar-refractivity contribution in [1.29, 1.82) is 0 Å². The number of ether oxygens (including phenoxy) is 1. The Morgan fingerprint density at radius 1 is 1.30 bits per heavy atom. The van der Waals surface area contributed by atoms with Crippen LogP contribution in [0.1, 0.15) is 26.7 Å². The van der Waals surface area contributed by atoms with Crippen molar-refractivity contribution in [2.45, 2.75) is 38.8 Å². The molecule has 1 aromatic rings. The van der Waals surface area contributed by atoms with Gasteiger partial charge in [0.1, 0.15) is 5.82 Å². The van der Waals surface area contributed by atoms with E-state index in [1.807, 2.05) is 24.0 Å². The normalized spacial score (nSPS) is 26.4. The zero-order valence-electron chi connectivity index (χ0n) is 13.7. The lowest BCUT2D eigenvalue weighted by molar-refractivity contribution is -0.148. The number of anilines is 1. The summed E-state index contributed by atoms with van der Waals surface area (Å²) in [5.74, 6) is 1.34. The number of amides is 1. The molecule has 0 radical (unpaired) electrons. The van der Waals surface area contributed by atoms with E-state index in [1.54, 1.807) is 6.20 Å². The first-order chi connectivity index (χ1) is 11.0. The summed E-state index contributed by atoms with van der Waals surface area (Å²) in [4.78, 5) is 21.4. The van der Waals surface area contributed by atoms with E-state index >= 15 is 0 Å². The van der Waals surface area contributed by atoms with Gasteiger partial charge >= 0.3 is 0 Å². The fourth-order valence-electron chi connectivity index (χ4n) is 3.36. The number of hydrogen-bond acceptors (Lipinski definition) is 4. The summed E-state index contributed by atoms with van der Waals surface area (Å²) in [6.45, 7) is 7.16. The highest BCUT2D eigenvalue weighted by molar-refractivity contribution is 6.30. The van der Waals surface area contributed by atoms with Gasteiger partial charge in [0.15, 0.2) is 0 Å². The largest absolute Gasteiger partial charge is 0.375 e. The number of nitrogens with zero attached hydrogens (tertiary/aromatic N) is 3. The van der Waals surface area contributed by atoms with Gasteiger partial charge < -0.3 is 14.5 Å². The quantitative estimate of drug-likeness (QED) is 0.832. The average Bonchev–Trinajstić information content (AvgIpc) is 2.57. The highest BCUT2D eigenvalue weighted by Crippen LogP contribution is 2.25. The van der Waals surface area contributed by atoms with Gasteiger partial charge in [-0.2, -0.15) is 0 Å². The highest BCUT2D eigenvalue weighted by Gasteiger charge is 2.34. The predicted octanol–water partition coefficient (Wildman–Crippen LogP) is 2.59. The zero-order chi connectivity index (χ0) is 16.4. The number of aromatic nitrogens is 1. The number of morpholine rings is 1. The van der Waals surface area contributed by atoms with Gasteiger partial charge in [0.05, 0.1) is 23.8 Å². The molecule has 3 rings (SSSR count). The topological polar surface area (TPSA) is 45.7 Å². The van der Waals surface area contributed by atoms with Crippen LogP contribution >= 0.6 is 11.6 Å². The first kappa shape index (κ1) is 16.5. The van der Waals surface area contributed by atoms with E-state index in [2.05, 4.69) is 16.8 Å². The Balaban J connectivity index is 1.57. The van der Waals surface area contributed by atoms with Gasteiger partial charge in [-0.25, -0.2) is 4.98 Å². The van der Waals surface area contributed by atoms with Crippen LogP contribution in [0.4, 0.5) is 5.82 Å². The lowest BCUT2D eigenvalue weighted by Crippen LogP contribution is -2.53. The number of carbonyl (C=O) groups excluding carboxylic acids is 1. The Kier molecular flexibility index (Phi) is 5.07. The first-order valence-electron chi connectivity index (χ1n) is 8.33. The van der Waals surface area contributed by atoms with E-state index in [1.165, 1.54) is 0 Å². The van der Waals surface area contributed by atoms with Crippen LogP contribution in [-0.4, -0.2) is 54.2 Å². The van der Waals surface area contributed by atoms with Gasteiger partial charge in [-0.1, -0.05) is 11.6 Å². The molecular formula is C17H24ClN3O2. The molecule has 2 aliphatic heterocycles. The summed E-state index contributed by atoms with van der Waals surface area (Å²) < 4.78 is 5.62. The molecular weight excluding hydrogens is 314 g/mol. The van der Waals surface area contributed by atoms with Crippen LogP contribution in [0.5, 0.6) is 0 Å². The van der Waals surface area contributed by atoms with E-state index in [0.717, 1.165) is 31.7 Å². The van der Waals surface area contributed by atoms with Crippen LogP contribution in [0.15, 0.2) is 18.3 Å². The average molecular weight is 338 g/mol. The molecule has 2 atom stereocenters. The SMILES string of the molecule is CC1CN(C(=O)C2CCN(c3ccc(Cl)cn3)CC2)C(C)CO1. The summed E-state index contributed by atoms with van der Waals surface area (Å²) in [7, 11) is 0. The Labute approximate surface area is 142 Å². The lowest BCUT2D eigenvalue weighted by atomic mass is 9.94. The van der Waals surface area contributed by atoms with Crippen LogP contribution in [0, 0.1) is 5.92 Å². The van der Waals surface area contributed by atoms with Gasteiger partial charge in [-0.3, -0.25) is 4.79 Å². The van der Waals surface area contributed by atoms with E-state index in [9.17, 15) is 4.79 Å². The van der Waals surface area contributed by atoms with E-state index in [-0.39, 0.29) is 24.0 Å². The van der Waals surface area contributed by atoms with Gasteiger partial charge in [0.2, 0.25) is 5.91 Å². The highest BCUT2D eigenvalue weighted by atomic mass is 35.5. The number of carbonyl (C=O) groups is 1. The fourth-order valence-corrected chi connectivity index (χ4v) is 3.47. The summed E-state index contributed by atoms with van der Waals surface area (Å²) in [5.41, 5.74) is 0. The molecule has 1 aromatic heterocycles. The van der Waals surface area contributed by atoms with E-state index in [4.69, 9.17) is 16.3 Å². The number of rotatable bonds is 2. The molecule has 2 saturated heterocycles. The van der Waals surface area contributed by atoms with Crippen molar-refractivity contribution in [3.63, 3.8) is 0 Å². The molecule has 0 aromatic carbocycles. The van der Waals surface area contributed by atoms with Crippen molar-refractivity contribution < 1.29 is 9.53 Å². The van der Waals surface area contributed by atoms with Crippen molar-refractivity contribution in [1.82, 2.24) is 9.88 Å². The molecule has 6 heteroatoms. The molecule has 0 spiro atoms. The molecule has 0 bridgehead atoms. The third kappa shape index (κ3) is 3.78. The molecule has 1 amide bonds. The molecule has 0 N–H and O–H groups in total. The van der Waals surface area contributed by atoms with Crippen LogP contribution in [0.2, 0.25) is 5.02 Å². The third-order valence-electron chi connectivity index (χ3n) is 4.77. The molecule has 0 saturated carbocycles. The van der Waals surface area contributed by atoms with Gasteiger partial charge in [-0.15, -0.1) is 0 Å². The standard InChI is InChI=1S/C17H24ClN3O2/c1-12-11-23-13(2)10-21(12)17(22)14-5-7-20(8-6-14)16-4-3-15(18)9-19-16/h3-4,9,12-14H,5-8,10-11H2,1-2H3. The van der Waals surface area contributed by atoms with Crippen LogP contribution < -0.4 is 4.90 Å². The molecule has 23 heavy (non-hydrogen) atoms. The zero-order valence-corrected chi connectivity index (χ0v) is 14.5. The van der Waals surface area contributed by atoms with Crippen molar-refractivity contribution in [2.24, 2.45) is 5.92 Å².